The van der Waals surface area contributed by atoms with Gasteiger partial charge >= 0.3 is 0 Å². The van der Waals surface area contributed by atoms with Crippen molar-refractivity contribution in [2.75, 3.05) is 44.3 Å². The third-order valence-electron chi connectivity index (χ3n) is 4.77. The topological polar surface area (TPSA) is 67.8 Å². The molecule has 0 aliphatic carbocycles. The molecule has 1 amide bonds. The van der Waals surface area contributed by atoms with Gasteiger partial charge in [0.2, 0.25) is 5.88 Å². The number of hydrogen-bond donors (Lipinski definition) is 0. The van der Waals surface area contributed by atoms with Gasteiger partial charge in [0, 0.05) is 42.7 Å². The highest BCUT2D eigenvalue weighted by atomic mass is 35.5. The zero-order valence-electron chi connectivity index (χ0n) is 14.9. The molecule has 1 unspecified atom stereocenters. The molecular weight excluding hydrogens is 368 g/mol. The van der Waals surface area contributed by atoms with Gasteiger partial charge in [0.25, 0.3) is 5.91 Å². The highest BCUT2D eigenvalue weighted by Crippen LogP contribution is 2.22. The molecule has 0 bridgehead atoms. The van der Waals surface area contributed by atoms with Crippen molar-refractivity contribution in [3.05, 3.63) is 47.2 Å². The third-order valence-corrected chi connectivity index (χ3v) is 5.03. The smallest absolute Gasteiger partial charge is 0.253 e. The maximum Gasteiger partial charge on any atom is 0.253 e. The number of benzene rings is 1. The van der Waals surface area contributed by atoms with Crippen LogP contribution in [-0.2, 0) is 4.74 Å². The molecule has 1 aromatic carbocycles. The molecule has 4 rings (SSSR count). The maximum atomic E-state index is 12.6. The van der Waals surface area contributed by atoms with E-state index in [9.17, 15) is 4.79 Å². The van der Waals surface area contributed by atoms with E-state index >= 15 is 0 Å². The molecule has 0 radical (unpaired) electrons. The number of hydrogen-bond acceptors (Lipinski definition) is 6. The van der Waals surface area contributed by atoms with Crippen molar-refractivity contribution in [1.29, 1.82) is 0 Å². The summed E-state index contributed by atoms with van der Waals surface area (Å²) in [6.07, 6.45) is 2.22. The van der Waals surface area contributed by atoms with Gasteiger partial charge in [-0.25, -0.2) is 9.97 Å². The monoisotopic (exact) mass is 388 g/mol. The van der Waals surface area contributed by atoms with Crippen LogP contribution in [0.3, 0.4) is 0 Å². The molecule has 142 valence electrons. The average Bonchev–Trinajstić information content (AvgIpc) is 3.17. The van der Waals surface area contributed by atoms with Crippen molar-refractivity contribution in [3.8, 4) is 5.88 Å². The third kappa shape index (κ3) is 4.31. The van der Waals surface area contributed by atoms with Crippen molar-refractivity contribution in [2.45, 2.75) is 12.5 Å². The van der Waals surface area contributed by atoms with E-state index in [1.165, 1.54) is 6.33 Å². The Hall–Kier alpha value is -2.38. The van der Waals surface area contributed by atoms with Crippen LogP contribution in [0.25, 0.3) is 0 Å². The van der Waals surface area contributed by atoms with Crippen LogP contribution in [0.2, 0.25) is 5.02 Å². The summed E-state index contributed by atoms with van der Waals surface area (Å²) in [4.78, 5) is 25.1. The first-order valence-electron chi connectivity index (χ1n) is 9.05. The van der Waals surface area contributed by atoms with E-state index in [-0.39, 0.29) is 12.0 Å². The lowest BCUT2D eigenvalue weighted by Crippen LogP contribution is -2.36. The highest BCUT2D eigenvalue weighted by molar-refractivity contribution is 6.30. The minimum atomic E-state index is -0.0753. The quantitative estimate of drug-likeness (QED) is 0.800. The van der Waals surface area contributed by atoms with Crippen molar-refractivity contribution in [3.63, 3.8) is 0 Å². The first-order chi connectivity index (χ1) is 13.2. The van der Waals surface area contributed by atoms with Crippen LogP contribution in [0.4, 0.5) is 5.82 Å². The summed E-state index contributed by atoms with van der Waals surface area (Å²) in [6, 6.07) is 8.81. The average molecular weight is 389 g/mol. The number of rotatable bonds is 4. The number of likely N-dealkylation sites (tertiary alicyclic amines) is 1. The molecule has 2 fully saturated rings. The van der Waals surface area contributed by atoms with Gasteiger partial charge in [0.05, 0.1) is 19.8 Å². The second kappa shape index (κ2) is 8.10. The van der Waals surface area contributed by atoms with E-state index in [2.05, 4.69) is 14.9 Å². The summed E-state index contributed by atoms with van der Waals surface area (Å²) in [5.41, 5.74) is 0.636. The Balaban J connectivity index is 1.37. The largest absolute Gasteiger partial charge is 0.472 e. The SMILES string of the molecule is O=C(c1ccc(Cl)cc1)N1CCC(Oc2cc(N3CCOCC3)ncn2)C1. The minimum absolute atomic E-state index is 0.00513. The summed E-state index contributed by atoms with van der Waals surface area (Å²) in [6.45, 7) is 4.22. The molecule has 2 aliphatic heterocycles. The number of nitrogens with zero attached hydrogens (tertiary/aromatic N) is 4. The summed E-state index contributed by atoms with van der Waals surface area (Å²) in [5, 5.41) is 0.619. The lowest BCUT2D eigenvalue weighted by molar-refractivity contribution is 0.0771. The number of amides is 1. The first-order valence-corrected chi connectivity index (χ1v) is 9.43. The minimum Gasteiger partial charge on any atom is -0.472 e. The Morgan fingerprint density at radius 3 is 2.70 bits per heavy atom. The van der Waals surface area contributed by atoms with E-state index in [1.807, 2.05) is 6.07 Å². The molecule has 0 spiro atoms. The predicted molar refractivity (Wildman–Crippen MR) is 101 cm³/mol. The summed E-state index contributed by atoms with van der Waals surface area (Å²) in [7, 11) is 0. The van der Waals surface area contributed by atoms with E-state index in [4.69, 9.17) is 21.1 Å². The van der Waals surface area contributed by atoms with Gasteiger partial charge in [-0.2, -0.15) is 0 Å². The van der Waals surface area contributed by atoms with Crippen LogP contribution in [0.5, 0.6) is 5.88 Å². The van der Waals surface area contributed by atoms with E-state index < -0.39 is 0 Å². The zero-order chi connectivity index (χ0) is 18.6. The fraction of sp³-hybridized carbons (Fsp3) is 0.421. The molecular formula is C19H21ClN4O3. The van der Waals surface area contributed by atoms with E-state index in [0.29, 0.717) is 42.8 Å². The first kappa shape index (κ1) is 18.0. The molecule has 0 N–H and O–H groups in total. The number of anilines is 1. The Bertz CT molecular complexity index is 796. The molecule has 8 heteroatoms. The molecule has 27 heavy (non-hydrogen) atoms. The number of morpholine rings is 1. The Morgan fingerprint density at radius 2 is 1.93 bits per heavy atom. The lowest BCUT2D eigenvalue weighted by atomic mass is 10.2. The van der Waals surface area contributed by atoms with Crippen molar-refractivity contribution in [1.82, 2.24) is 14.9 Å². The van der Waals surface area contributed by atoms with E-state index in [0.717, 1.165) is 25.3 Å². The van der Waals surface area contributed by atoms with Gasteiger partial charge in [-0.15, -0.1) is 0 Å². The molecule has 3 heterocycles. The lowest BCUT2D eigenvalue weighted by Gasteiger charge is -2.27. The Labute approximate surface area is 162 Å². The summed E-state index contributed by atoms with van der Waals surface area (Å²) in [5.74, 6) is 1.38. The fourth-order valence-corrected chi connectivity index (χ4v) is 3.44. The second-order valence-electron chi connectivity index (χ2n) is 6.60. The van der Waals surface area contributed by atoms with Crippen LogP contribution < -0.4 is 9.64 Å². The molecule has 2 aliphatic rings. The van der Waals surface area contributed by atoms with Crippen molar-refractivity contribution >= 4 is 23.3 Å². The number of carbonyl (C=O) groups excluding carboxylic acids is 1. The van der Waals surface area contributed by atoms with Crippen molar-refractivity contribution < 1.29 is 14.3 Å². The van der Waals surface area contributed by atoms with Gasteiger partial charge in [-0.1, -0.05) is 11.6 Å². The normalized spacial score (nSPS) is 20.0. The van der Waals surface area contributed by atoms with Gasteiger partial charge < -0.3 is 19.3 Å². The Morgan fingerprint density at radius 1 is 1.15 bits per heavy atom. The second-order valence-corrected chi connectivity index (χ2v) is 7.04. The van der Waals surface area contributed by atoms with Crippen LogP contribution >= 0.6 is 11.6 Å². The van der Waals surface area contributed by atoms with E-state index in [1.54, 1.807) is 29.2 Å². The molecule has 7 nitrogen and oxygen atoms in total. The van der Waals surface area contributed by atoms with Gasteiger partial charge in [0.15, 0.2) is 0 Å². The van der Waals surface area contributed by atoms with Gasteiger partial charge in [-0.05, 0) is 24.3 Å². The highest BCUT2D eigenvalue weighted by Gasteiger charge is 2.28. The number of carbonyl (C=O) groups is 1. The van der Waals surface area contributed by atoms with Crippen LogP contribution in [-0.4, -0.2) is 66.3 Å². The number of aromatic nitrogens is 2. The maximum absolute atomic E-state index is 12.6. The fourth-order valence-electron chi connectivity index (χ4n) is 3.31. The summed E-state index contributed by atoms with van der Waals surface area (Å²) < 4.78 is 11.4. The zero-order valence-corrected chi connectivity index (χ0v) is 15.6. The molecule has 1 atom stereocenters. The molecule has 1 aromatic heterocycles. The van der Waals surface area contributed by atoms with Crippen LogP contribution in [0.1, 0.15) is 16.8 Å². The number of ether oxygens (including phenoxy) is 2. The summed E-state index contributed by atoms with van der Waals surface area (Å²) >= 11 is 5.89. The molecule has 2 aromatic rings. The van der Waals surface area contributed by atoms with Crippen LogP contribution in [0, 0.1) is 0 Å². The molecule has 0 saturated carbocycles. The van der Waals surface area contributed by atoms with Crippen LogP contribution in [0.15, 0.2) is 36.7 Å². The van der Waals surface area contributed by atoms with Gasteiger partial charge in [0.1, 0.15) is 18.2 Å². The van der Waals surface area contributed by atoms with Gasteiger partial charge in [-0.3, -0.25) is 4.79 Å². The Kier molecular flexibility index (Phi) is 5.40. The molecule has 2 saturated heterocycles. The predicted octanol–water partition coefficient (Wildman–Crippen LogP) is 2.26. The number of halogens is 1. The standard InChI is InChI=1S/C19H21ClN4O3/c20-15-3-1-14(2-4-15)19(25)24-6-5-16(12-24)27-18-11-17(21-13-22-18)23-7-9-26-10-8-23/h1-4,11,13,16H,5-10,12H2. The van der Waals surface area contributed by atoms with Crippen molar-refractivity contribution in [2.24, 2.45) is 0 Å².